The number of hydrogen-bond donors (Lipinski definition) is 0. The standard InChI is InChI=1S/C17H30O.C15H26O.C14H24O.C14H26O.C13H22O.C13H24O.C12H22O.C11H18O.C11H20O/c1-2-18-15-16(9-5-3-6-10-16)13-14-17(15)11-7-4-8-12-17;1-2-16-13-14(7-3-4-8-14)11-12-15(13)9-5-6-10-15;1-4-15-13-11-8-12(14(13,2)3)10-7-5-6-9(10)11;1-4-15-12-13(2,3)10-11-14(12)8-6-5-7-9-14;1-2-14-11-12(5-3-6-12)9-10-13(11)7-4-8-13;1-4-14-11-12(2,3)9-10-13(11)7-5-6-8-13;1-4-13-10-11(2,3)8-9-12(10)6-5-7-12;1-2-12-9-10(3-4-10)7-8-11(9)5-6-11;1-4-12-9-10(2,3)5-6-11(9)7-8-11/h15H,2-14H2,1H3;13H,2-12H2,1H3;9-13H,4-8H2,1-3H3;12H,4-11H2,1-3H3;11H,2-10H2,1H3;11H,4-10H2,1-3H3;10H,4-9H2,1-3H3;9H,2-8H2,1H3;9H,4-8H2,1-3H3. The topological polar surface area (TPSA) is 83.1 Å². The van der Waals surface area contributed by atoms with Crippen molar-refractivity contribution in [3.63, 3.8) is 0 Å². The molecule has 9 atom stereocenters. The van der Waals surface area contributed by atoms with Crippen LogP contribution in [0.1, 0.15) is 530 Å². The van der Waals surface area contributed by atoms with E-state index in [9.17, 15) is 0 Å². The molecular formula is C120H212O9. The van der Waals surface area contributed by atoms with Crippen LogP contribution in [0.2, 0.25) is 0 Å². The average molecular weight is 1800 g/mol. The molecule has 9 heteroatoms. The third-order valence-electron chi connectivity index (χ3n) is 44.4. The molecule has 746 valence electrons. The molecule has 0 saturated heterocycles. The molecule has 129 heavy (non-hydrogen) atoms. The molecule has 9 unspecified atom stereocenters. The zero-order valence-electron chi connectivity index (χ0n) is 88.9. The van der Waals surface area contributed by atoms with Gasteiger partial charge in [0, 0.05) is 59.5 Å². The minimum Gasteiger partial charge on any atom is -0.378 e. The van der Waals surface area contributed by atoms with Gasteiger partial charge in [0.25, 0.3) is 0 Å². The van der Waals surface area contributed by atoms with Gasteiger partial charge in [-0.25, -0.2) is 0 Å². The van der Waals surface area contributed by atoms with Gasteiger partial charge in [0.15, 0.2) is 0 Å². The monoisotopic (exact) mass is 1800 g/mol. The van der Waals surface area contributed by atoms with Crippen LogP contribution in [0.25, 0.3) is 0 Å². The van der Waals surface area contributed by atoms with Gasteiger partial charge in [0.1, 0.15) is 0 Å². The summed E-state index contributed by atoms with van der Waals surface area (Å²) in [5, 5.41) is 0. The van der Waals surface area contributed by atoms with Gasteiger partial charge >= 0.3 is 0 Å². The third kappa shape index (κ3) is 20.6. The van der Waals surface area contributed by atoms with Gasteiger partial charge in [0.2, 0.25) is 0 Å². The van der Waals surface area contributed by atoms with Crippen molar-refractivity contribution in [1.29, 1.82) is 0 Å². The molecule has 23 aliphatic rings. The Morgan fingerprint density at radius 3 is 0.543 bits per heavy atom. The highest BCUT2D eigenvalue weighted by Gasteiger charge is 2.69. The molecule has 0 radical (unpaired) electrons. The Morgan fingerprint density at radius 2 is 0.333 bits per heavy atom. The average Bonchev–Trinajstić information content (AvgIpc) is 1.53. The maximum Gasteiger partial charge on any atom is 0.0687 e. The van der Waals surface area contributed by atoms with Crippen molar-refractivity contribution < 1.29 is 42.6 Å². The van der Waals surface area contributed by atoms with Crippen LogP contribution in [-0.4, -0.2) is 114 Å². The highest BCUT2D eigenvalue weighted by molar-refractivity contribution is 5.20. The van der Waals surface area contributed by atoms with Crippen molar-refractivity contribution in [3.8, 4) is 0 Å². The van der Waals surface area contributed by atoms with Crippen molar-refractivity contribution in [2.75, 3.05) is 59.5 Å². The Hall–Kier alpha value is -0.360. The van der Waals surface area contributed by atoms with Crippen LogP contribution in [0.3, 0.4) is 0 Å². The van der Waals surface area contributed by atoms with E-state index in [4.69, 9.17) is 42.6 Å². The molecule has 9 nitrogen and oxygen atoms in total. The summed E-state index contributed by atoms with van der Waals surface area (Å²) >= 11 is 0. The third-order valence-corrected chi connectivity index (χ3v) is 44.4. The van der Waals surface area contributed by atoms with E-state index in [0.717, 1.165) is 83.1 Å². The first-order chi connectivity index (χ1) is 61.8. The van der Waals surface area contributed by atoms with Crippen LogP contribution in [-0.2, 0) is 42.6 Å². The van der Waals surface area contributed by atoms with Gasteiger partial charge in [0.05, 0.1) is 54.9 Å². The second kappa shape index (κ2) is 42.0. The zero-order valence-corrected chi connectivity index (χ0v) is 88.9. The fraction of sp³-hybridized carbons (Fsp3) is 1.00. The minimum atomic E-state index is 0.410. The number of ether oxygens (including phenoxy) is 9. The summed E-state index contributed by atoms with van der Waals surface area (Å²) in [5.41, 5.74) is 9.56. The van der Waals surface area contributed by atoms with E-state index in [0.29, 0.717) is 147 Å². The first-order valence-electron chi connectivity index (χ1n) is 58.4. The van der Waals surface area contributed by atoms with Crippen molar-refractivity contribution in [2.45, 2.75) is 585 Å². The number of rotatable bonds is 18. The summed E-state index contributed by atoms with van der Waals surface area (Å²) < 4.78 is 54.8. The second-order valence-electron chi connectivity index (χ2n) is 53.8. The first-order valence-corrected chi connectivity index (χ1v) is 58.4. The van der Waals surface area contributed by atoms with E-state index in [1.165, 1.54) is 398 Å². The summed E-state index contributed by atoms with van der Waals surface area (Å²) in [5.74, 6) is 3.95. The highest BCUT2D eigenvalue weighted by atomic mass is 16.5. The lowest BCUT2D eigenvalue weighted by atomic mass is 9.59. The second-order valence-corrected chi connectivity index (χ2v) is 53.8. The Bertz CT molecular complexity index is 3250. The molecule has 0 amide bonds. The van der Waals surface area contributed by atoms with Crippen LogP contribution < -0.4 is 0 Å². The van der Waals surface area contributed by atoms with Gasteiger partial charge in [-0.2, -0.15) is 0 Å². The molecule has 0 aromatic heterocycles. The van der Waals surface area contributed by atoms with Gasteiger partial charge < -0.3 is 42.6 Å². The van der Waals surface area contributed by atoms with Gasteiger partial charge in [-0.1, -0.05) is 191 Å². The fourth-order valence-corrected chi connectivity index (χ4v) is 37.3. The molecule has 0 aromatic rings. The fourth-order valence-electron chi connectivity index (χ4n) is 37.3. The van der Waals surface area contributed by atoms with Crippen molar-refractivity contribution in [2.24, 2.45) is 116 Å². The maximum atomic E-state index is 6.39. The molecule has 2 bridgehead atoms. The van der Waals surface area contributed by atoms with E-state index in [1.807, 2.05) is 0 Å². The van der Waals surface area contributed by atoms with Crippen molar-refractivity contribution in [1.82, 2.24) is 0 Å². The Kier molecular flexibility index (Phi) is 33.6. The normalized spacial score (nSPS) is 35.5. The van der Waals surface area contributed by atoms with Crippen molar-refractivity contribution in [3.05, 3.63) is 0 Å². The van der Waals surface area contributed by atoms with Gasteiger partial charge in [-0.05, 0) is 454 Å². The maximum absolute atomic E-state index is 6.39. The predicted molar refractivity (Wildman–Crippen MR) is 537 cm³/mol. The zero-order chi connectivity index (χ0) is 91.6. The summed E-state index contributed by atoms with van der Waals surface area (Å²) in [7, 11) is 0. The lowest BCUT2D eigenvalue weighted by Crippen LogP contribution is -2.48. The SMILES string of the molecule is CCOC1C(C)(C)CCC12CC2.CCOC1C(C)(C)CCC12CCC2.CCOC1C(C)(C)CCC12CCCC2.CCOC1C(C)(C)CCC12CCCCC2.CCOC1C2(CC2)CCC12CC2.CCOC1C2(CCC2)CCC12CCC2.CCOC1C2(CCCC2)CCC12CCCC2.CCOC1C2(CCCCC2)CCC12CCCCC2.CCOC1C2CC(C3CCCC32)C1(C)C. The summed E-state index contributed by atoms with van der Waals surface area (Å²) in [4.78, 5) is 0. The summed E-state index contributed by atoms with van der Waals surface area (Å²) in [6.07, 6.45) is 94.8. The summed E-state index contributed by atoms with van der Waals surface area (Å²) in [6.45, 7) is 51.4. The van der Waals surface area contributed by atoms with E-state index < -0.39 is 0 Å². The molecule has 0 heterocycles. The lowest BCUT2D eigenvalue weighted by Gasteiger charge is -2.51. The van der Waals surface area contributed by atoms with Crippen LogP contribution >= 0.6 is 0 Å². The van der Waals surface area contributed by atoms with E-state index >= 15 is 0 Å². The van der Waals surface area contributed by atoms with Crippen LogP contribution in [0.15, 0.2) is 0 Å². The number of fused-ring (bicyclic) bond motifs is 5. The predicted octanol–water partition coefficient (Wildman–Crippen LogP) is 33.5. The Balaban J connectivity index is 0.000000112. The molecule has 0 aliphatic heterocycles. The molecule has 23 fully saturated rings. The number of hydrogen-bond acceptors (Lipinski definition) is 9. The van der Waals surface area contributed by atoms with E-state index in [1.54, 1.807) is 0 Å². The Labute approximate surface area is 797 Å². The smallest absolute Gasteiger partial charge is 0.0687 e. The lowest BCUT2D eigenvalue weighted by molar-refractivity contribution is -0.130. The van der Waals surface area contributed by atoms with Crippen LogP contribution in [0.5, 0.6) is 0 Å². The minimum absolute atomic E-state index is 0.410. The van der Waals surface area contributed by atoms with Crippen LogP contribution in [0.4, 0.5) is 0 Å². The quantitative estimate of drug-likeness (QED) is 0.133. The Morgan fingerprint density at radius 1 is 0.163 bits per heavy atom. The largest absolute Gasteiger partial charge is 0.378 e. The molecular weight excluding hydrogens is 1590 g/mol. The highest BCUT2D eigenvalue weighted by Crippen LogP contribution is 2.75. The first kappa shape index (κ1) is 103. The summed E-state index contributed by atoms with van der Waals surface area (Å²) in [6, 6.07) is 0. The molecule has 12 spiro atoms. The van der Waals surface area contributed by atoms with Crippen molar-refractivity contribution >= 4 is 0 Å². The van der Waals surface area contributed by atoms with E-state index in [-0.39, 0.29) is 0 Å². The van der Waals surface area contributed by atoms with Gasteiger partial charge in [-0.3, -0.25) is 0 Å². The van der Waals surface area contributed by atoms with E-state index in [2.05, 4.69) is 132 Å². The molecule has 23 saturated carbocycles. The molecule has 23 rings (SSSR count). The molecule has 0 aromatic carbocycles. The van der Waals surface area contributed by atoms with Gasteiger partial charge in [-0.15, -0.1) is 0 Å². The van der Waals surface area contributed by atoms with Crippen LogP contribution in [0, 0.1) is 116 Å². The molecule has 23 aliphatic carbocycles. The molecule has 0 N–H and O–H groups in total.